The molecule has 1 fully saturated rings. The number of carbonyl (C=O) groups excluding carboxylic acids is 2. The zero-order valence-electron chi connectivity index (χ0n) is 13.0. The summed E-state index contributed by atoms with van der Waals surface area (Å²) in [4.78, 5) is 27.5. The van der Waals surface area contributed by atoms with E-state index in [1.54, 1.807) is 32.9 Å². The highest BCUT2D eigenvalue weighted by molar-refractivity contribution is 5.94. The van der Waals surface area contributed by atoms with Crippen molar-refractivity contribution < 1.29 is 19.1 Å². The van der Waals surface area contributed by atoms with Gasteiger partial charge in [0.15, 0.2) is 0 Å². The first-order valence-corrected chi connectivity index (χ1v) is 7.22. The SMILES string of the molecule is CC(C)(C)OC(=O)Nc1ccc(NC(=O)[C@@H]2CCCO2)cn1. The van der Waals surface area contributed by atoms with Crippen LogP contribution in [0, 0.1) is 0 Å². The third-order valence-corrected chi connectivity index (χ3v) is 2.88. The number of hydrogen-bond acceptors (Lipinski definition) is 5. The standard InChI is InChI=1S/C15H21N3O4/c1-15(2,3)22-14(20)18-12-7-6-10(9-16-12)17-13(19)11-5-4-8-21-11/h6-7,9,11H,4-5,8H2,1-3H3,(H,17,19)(H,16,18,20)/t11-/m0/s1. The second-order valence-corrected chi connectivity index (χ2v) is 6.05. The molecule has 0 radical (unpaired) electrons. The zero-order valence-corrected chi connectivity index (χ0v) is 13.0. The molecule has 2 amide bonds. The fourth-order valence-electron chi connectivity index (χ4n) is 1.96. The average molecular weight is 307 g/mol. The smallest absolute Gasteiger partial charge is 0.413 e. The summed E-state index contributed by atoms with van der Waals surface area (Å²) in [5.41, 5.74) is -0.0190. The molecule has 0 aromatic carbocycles. The third kappa shape index (κ3) is 5.00. The first-order valence-electron chi connectivity index (χ1n) is 7.22. The summed E-state index contributed by atoms with van der Waals surface area (Å²) in [7, 11) is 0. The number of anilines is 2. The Kier molecular flexibility index (Phi) is 4.97. The zero-order chi connectivity index (χ0) is 16.2. The Labute approximate surface area is 129 Å². The molecule has 2 heterocycles. The van der Waals surface area contributed by atoms with Crippen LogP contribution in [-0.4, -0.2) is 35.3 Å². The number of amides is 2. The van der Waals surface area contributed by atoms with Gasteiger partial charge in [-0.25, -0.2) is 9.78 Å². The molecule has 1 atom stereocenters. The minimum Gasteiger partial charge on any atom is -0.444 e. The Morgan fingerprint density at radius 1 is 1.32 bits per heavy atom. The molecular formula is C15H21N3O4. The maximum Gasteiger partial charge on any atom is 0.413 e. The first kappa shape index (κ1) is 16.2. The van der Waals surface area contributed by atoms with E-state index in [0.717, 1.165) is 12.8 Å². The van der Waals surface area contributed by atoms with Crippen LogP contribution in [-0.2, 0) is 14.3 Å². The molecular weight excluding hydrogens is 286 g/mol. The summed E-state index contributed by atoms with van der Waals surface area (Å²) in [6.45, 7) is 5.96. The number of rotatable bonds is 3. The van der Waals surface area contributed by atoms with Crippen molar-refractivity contribution >= 4 is 23.5 Å². The molecule has 7 heteroatoms. The van der Waals surface area contributed by atoms with E-state index >= 15 is 0 Å². The number of pyridine rings is 1. The van der Waals surface area contributed by atoms with Gasteiger partial charge in [-0.05, 0) is 45.7 Å². The lowest BCUT2D eigenvalue weighted by atomic mass is 10.2. The molecule has 0 spiro atoms. The Morgan fingerprint density at radius 3 is 2.64 bits per heavy atom. The molecule has 2 rings (SSSR count). The lowest BCUT2D eigenvalue weighted by Crippen LogP contribution is -2.28. The third-order valence-electron chi connectivity index (χ3n) is 2.88. The van der Waals surface area contributed by atoms with E-state index in [2.05, 4.69) is 15.6 Å². The van der Waals surface area contributed by atoms with E-state index < -0.39 is 11.7 Å². The van der Waals surface area contributed by atoms with E-state index in [-0.39, 0.29) is 12.0 Å². The van der Waals surface area contributed by atoms with Crippen LogP contribution < -0.4 is 10.6 Å². The van der Waals surface area contributed by atoms with Crippen LogP contribution in [0.2, 0.25) is 0 Å². The van der Waals surface area contributed by atoms with E-state index in [1.807, 2.05) is 0 Å². The van der Waals surface area contributed by atoms with Gasteiger partial charge in [0, 0.05) is 6.61 Å². The largest absolute Gasteiger partial charge is 0.444 e. The highest BCUT2D eigenvalue weighted by Gasteiger charge is 2.23. The van der Waals surface area contributed by atoms with Crippen molar-refractivity contribution in [1.29, 1.82) is 0 Å². The number of ether oxygens (including phenoxy) is 2. The van der Waals surface area contributed by atoms with Crippen molar-refractivity contribution in [2.75, 3.05) is 17.2 Å². The number of nitrogens with one attached hydrogen (secondary N) is 2. The topological polar surface area (TPSA) is 89.6 Å². The Bertz CT molecular complexity index is 531. The summed E-state index contributed by atoms with van der Waals surface area (Å²) >= 11 is 0. The number of hydrogen-bond donors (Lipinski definition) is 2. The summed E-state index contributed by atoms with van der Waals surface area (Å²) in [5, 5.41) is 5.26. The van der Waals surface area contributed by atoms with Crippen LogP contribution >= 0.6 is 0 Å². The predicted octanol–water partition coefficient (Wildman–Crippen LogP) is 2.55. The van der Waals surface area contributed by atoms with E-state index in [4.69, 9.17) is 9.47 Å². The number of nitrogens with zero attached hydrogens (tertiary/aromatic N) is 1. The van der Waals surface area contributed by atoms with Gasteiger partial charge in [0.1, 0.15) is 17.5 Å². The molecule has 1 aliphatic rings. The monoisotopic (exact) mass is 307 g/mol. The van der Waals surface area contributed by atoms with Gasteiger partial charge >= 0.3 is 6.09 Å². The van der Waals surface area contributed by atoms with Gasteiger partial charge in [-0.3, -0.25) is 10.1 Å². The molecule has 120 valence electrons. The summed E-state index contributed by atoms with van der Waals surface area (Å²) in [6, 6.07) is 3.25. The van der Waals surface area contributed by atoms with Gasteiger partial charge in [-0.1, -0.05) is 0 Å². The van der Waals surface area contributed by atoms with Crippen molar-refractivity contribution in [2.24, 2.45) is 0 Å². The maximum absolute atomic E-state index is 11.9. The lowest BCUT2D eigenvalue weighted by Gasteiger charge is -2.19. The quantitative estimate of drug-likeness (QED) is 0.895. The molecule has 22 heavy (non-hydrogen) atoms. The number of carbonyl (C=O) groups is 2. The fourth-order valence-corrected chi connectivity index (χ4v) is 1.96. The highest BCUT2D eigenvalue weighted by Crippen LogP contribution is 2.16. The Morgan fingerprint density at radius 2 is 2.09 bits per heavy atom. The first-order chi connectivity index (χ1) is 10.3. The second kappa shape index (κ2) is 6.74. The lowest BCUT2D eigenvalue weighted by molar-refractivity contribution is -0.124. The van der Waals surface area contributed by atoms with E-state index in [1.165, 1.54) is 6.20 Å². The normalized spacial score (nSPS) is 17.9. The maximum atomic E-state index is 11.9. The molecule has 1 aromatic rings. The van der Waals surface area contributed by atoms with Crippen LogP contribution in [0.1, 0.15) is 33.6 Å². The van der Waals surface area contributed by atoms with Crippen LogP contribution in [0.3, 0.4) is 0 Å². The van der Waals surface area contributed by atoms with E-state index in [9.17, 15) is 9.59 Å². The second-order valence-electron chi connectivity index (χ2n) is 6.05. The molecule has 2 N–H and O–H groups in total. The van der Waals surface area contributed by atoms with Gasteiger partial charge in [0.2, 0.25) is 0 Å². The van der Waals surface area contributed by atoms with Crippen LogP contribution in [0.4, 0.5) is 16.3 Å². The van der Waals surface area contributed by atoms with Crippen LogP contribution in [0.5, 0.6) is 0 Å². The van der Waals surface area contributed by atoms with Crippen LogP contribution in [0.15, 0.2) is 18.3 Å². The highest BCUT2D eigenvalue weighted by atomic mass is 16.6. The molecule has 1 aliphatic heterocycles. The van der Waals surface area contributed by atoms with Gasteiger partial charge in [0.05, 0.1) is 11.9 Å². The average Bonchev–Trinajstić information content (AvgIpc) is 2.92. The van der Waals surface area contributed by atoms with Crippen molar-refractivity contribution in [3.8, 4) is 0 Å². The van der Waals surface area contributed by atoms with Gasteiger partial charge in [0.25, 0.3) is 5.91 Å². The number of aromatic nitrogens is 1. The van der Waals surface area contributed by atoms with Crippen molar-refractivity contribution in [3.63, 3.8) is 0 Å². The molecule has 7 nitrogen and oxygen atoms in total. The summed E-state index contributed by atoms with van der Waals surface area (Å²) in [5.74, 6) is 0.177. The van der Waals surface area contributed by atoms with Crippen molar-refractivity contribution in [3.05, 3.63) is 18.3 Å². The summed E-state index contributed by atoms with van der Waals surface area (Å²) < 4.78 is 10.4. The minimum absolute atomic E-state index is 0.174. The van der Waals surface area contributed by atoms with Gasteiger partial charge < -0.3 is 14.8 Å². The Hall–Kier alpha value is -2.15. The van der Waals surface area contributed by atoms with Crippen molar-refractivity contribution in [1.82, 2.24) is 4.98 Å². The molecule has 1 aromatic heterocycles. The fraction of sp³-hybridized carbons (Fsp3) is 0.533. The van der Waals surface area contributed by atoms with Gasteiger partial charge in [-0.15, -0.1) is 0 Å². The van der Waals surface area contributed by atoms with E-state index in [0.29, 0.717) is 18.1 Å². The molecule has 0 unspecified atom stereocenters. The predicted molar refractivity (Wildman–Crippen MR) is 81.7 cm³/mol. The Balaban J connectivity index is 1.87. The minimum atomic E-state index is -0.573. The van der Waals surface area contributed by atoms with Gasteiger partial charge in [-0.2, -0.15) is 0 Å². The molecule has 0 aliphatic carbocycles. The van der Waals surface area contributed by atoms with Crippen LogP contribution in [0.25, 0.3) is 0 Å². The van der Waals surface area contributed by atoms with Crippen molar-refractivity contribution in [2.45, 2.75) is 45.3 Å². The molecule has 0 saturated carbocycles. The summed E-state index contributed by atoms with van der Waals surface area (Å²) in [6.07, 6.45) is 2.14. The molecule has 1 saturated heterocycles. The molecule has 0 bridgehead atoms.